The largest absolute Gasteiger partial charge is 0.381 e. The Morgan fingerprint density at radius 3 is 2.24 bits per heavy atom. The van der Waals surface area contributed by atoms with Gasteiger partial charge in [-0.15, -0.1) is 0 Å². The second kappa shape index (κ2) is 6.58. The quantitative estimate of drug-likeness (QED) is 0.822. The maximum absolute atomic E-state index is 5.62. The summed E-state index contributed by atoms with van der Waals surface area (Å²) < 4.78 is 5.62. The fourth-order valence-corrected chi connectivity index (χ4v) is 5.32. The number of nitrogens with one attached hydrogen (secondary N) is 1. The average molecular weight is 293 g/mol. The lowest BCUT2D eigenvalue weighted by Crippen LogP contribution is -2.64. The first-order valence-corrected chi connectivity index (χ1v) is 9.41. The average Bonchev–Trinajstić information content (AvgIpc) is 2.52. The molecule has 0 aromatic carbocycles. The van der Waals surface area contributed by atoms with Crippen LogP contribution in [0.15, 0.2) is 0 Å². The Morgan fingerprint density at radius 1 is 0.905 bits per heavy atom. The molecule has 0 radical (unpaired) electrons. The van der Waals surface area contributed by atoms with Crippen molar-refractivity contribution in [3.8, 4) is 0 Å². The Balaban J connectivity index is 1.60. The molecular weight excluding hydrogens is 258 g/mol. The molecule has 21 heavy (non-hydrogen) atoms. The van der Waals surface area contributed by atoms with E-state index in [1.54, 1.807) is 0 Å². The van der Waals surface area contributed by atoms with E-state index in [2.05, 4.69) is 19.2 Å². The van der Waals surface area contributed by atoms with Crippen molar-refractivity contribution in [1.82, 2.24) is 5.32 Å². The minimum absolute atomic E-state index is 0.309. The molecule has 3 aliphatic rings. The molecule has 4 unspecified atom stereocenters. The summed E-state index contributed by atoms with van der Waals surface area (Å²) >= 11 is 0. The fraction of sp³-hybridized carbons (Fsp3) is 1.00. The zero-order valence-corrected chi connectivity index (χ0v) is 14.4. The summed E-state index contributed by atoms with van der Waals surface area (Å²) in [5.41, 5.74) is 0.309. The van der Waals surface area contributed by atoms with Crippen LogP contribution in [-0.4, -0.2) is 25.3 Å². The normalized spacial score (nSPS) is 40.7. The highest BCUT2D eigenvalue weighted by Gasteiger charge is 2.49. The van der Waals surface area contributed by atoms with Gasteiger partial charge in [0.25, 0.3) is 0 Å². The van der Waals surface area contributed by atoms with E-state index in [0.717, 1.165) is 17.9 Å². The minimum Gasteiger partial charge on any atom is -0.381 e. The van der Waals surface area contributed by atoms with Gasteiger partial charge in [0.1, 0.15) is 0 Å². The second-order valence-corrected chi connectivity index (χ2v) is 8.45. The van der Waals surface area contributed by atoms with Crippen molar-refractivity contribution in [3.05, 3.63) is 0 Å². The van der Waals surface area contributed by atoms with Crippen LogP contribution < -0.4 is 5.32 Å². The van der Waals surface area contributed by atoms with Crippen molar-refractivity contribution in [1.29, 1.82) is 0 Å². The molecule has 2 nitrogen and oxygen atoms in total. The van der Waals surface area contributed by atoms with Crippen molar-refractivity contribution < 1.29 is 4.74 Å². The molecule has 0 heterocycles. The van der Waals surface area contributed by atoms with Crippen molar-refractivity contribution in [2.24, 2.45) is 17.3 Å². The van der Waals surface area contributed by atoms with Gasteiger partial charge in [-0.1, -0.05) is 58.8 Å². The van der Waals surface area contributed by atoms with Crippen LogP contribution in [0.1, 0.15) is 78.1 Å². The summed E-state index contributed by atoms with van der Waals surface area (Å²) in [6.07, 6.45) is 14.9. The molecule has 0 amide bonds. The maximum Gasteiger partial charge on any atom is 0.0652 e. The molecule has 3 aliphatic carbocycles. The van der Waals surface area contributed by atoms with Gasteiger partial charge in [0.15, 0.2) is 0 Å². The topological polar surface area (TPSA) is 21.3 Å². The smallest absolute Gasteiger partial charge is 0.0652 e. The summed E-state index contributed by atoms with van der Waals surface area (Å²) in [7, 11) is 1.87. The van der Waals surface area contributed by atoms with E-state index in [-0.39, 0.29) is 0 Å². The highest BCUT2D eigenvalue weighted by molar-refractivity contribution is 5.04. The molecule has 0 aromatic heterocycles. The third-order valence-corrected chi connectivity index (χ3v) is 6.95. The molecule has 3 saturated carbocycles. The lowest BCUT2D eigenvalue weighted by Gasteiger charge is -2.54. The molecule has 0 bridgehead atoms. The second-order valence-electron chi connectivity index (χ2n) is 8.45. The van der Waals surface area contributed by atoms with Gasteiger partial charge >= 0.3 is 0 Å². The molecule has 3 rings (SSSR count). The molecule has 1 N–H and O–H groups in total. The molecule has 0 saturated heterocycles. The summed E-state index contributed by atoms with van der Waals surface area (Å²) in [6.45, 7) is 4.75. The van der Waals surface area contributed by atoms with E-state index in [1.807, 2.05) is 7.11 Å². The van der Waals surface area contributed by atoms with Gasteiger partial charge in [0, 0.05) is 24.6 Å². The third kappa shape index (κ3) is 3.17. The number of hydrogen-bond acceptors (Lipinski definition) is 2. The first kappa shape index (κ1) is 15.8. The van der Waals surface area contributed by atoms with Gasteiger partial charge in [0.05, 0.1) is 6.10 Å². The van der Waals surface area contributed by atoms with E-state index < -0.39 is 0 Å². The van der Waals surface area contributed by atoms with Gasteiger partial charge in [-0.25, -0.2) is 0 Å². The summed E-state index contributed by atoms with van der Waals surface area (Å²) in [4.78, 5) is 0. The summed E-state index contributed by atoms with van der Waals surface area (Å²) in [5, 5.41) is 4.08. The van der Waals surface area contributed by atoms with Crippen LogP contribution in [0.3, 0.4) is 0 Å². The van der Waals surface area contributed by atoms with Crippen LogP contribution in [-0.2, 0) is 4.74 Å². The van der Waals surface area contributed by atoms with Gasteiger partial charge in [-0.2, -0.15) is 0 Å². The predicted molar refractivity (Wildman–Crippen MR) is 88.4 cm³/mol. The molecular formula is C19H35NO. The summed E-state index contributed by atoms with van der Waals surface area (Å²) in [6, 6.07) is 1.44. The Hall–Kier alpha value is -0.0800. The van der Waals surface area contributed by atoms with Crippen LogP contribution in [0.4, 0.5) is 0 Å². The van der Waals surface area contributed by atoms with Crippen molar-refractivity contribution in [2.45, 2.75) is 96.2 Å². The SMILES string of the molecule is COC1CC(NC2CCCCC2C2CCCCC2)C1(C)C. The molecule has 4 atom stereocenters. The van der Waals surface area contributed by atoms with Gasteiger partial charge < -0.3 is 10.1 Å². The van der Waals surface area contributed by atoms with Crippen molar-refractivity contribution in [3.63, 3.8) is 0 Å². The predicted octanol–water partition coefficient (Wildman–Crippen LogP) is 4.53. The third-order valence-electron chi connectivity index (χ3n) is 6.95. The lowest BCUT2D eigenvalue weighted by molar-refractivity contribution is -0.104. The maximum atomic E-state index is 5.62. The van der Waals surface area contributed by atoms with E-state index in [1.165, 1.54) is 64.2 Å². The minimum atomic E-state index is 0.309. The van der Waals surface area contributed by atoms with Crippen LogP contribution in [0.25, 0.3) is 0 Å². The van der Waals surface area contributed by atoms with Crippen LogP contribution in [0.2, 0.25) is 0 Å². The van der Waals surface area contributed by atoms with Gasteiger partial charge in [-0.3, -0.25) is 0 Å². The molecule has 122 valence electrons. The number of hydrogen-bond donors (Lipinski definition) is 1. The Kier molecular flexibility index (Phi) is 4.95. The van der Waals surface area contributed by atoms with Crippen molar-refractivity contribution >= 4 is 0 Å². The molecule has 0 aliphatic heterocycles. The highest BCUT2D eigenvalue weighted by atomic mass is 16.5. The lowest BCUT2D eigenvalue weighted by atomic mass is 9.63. The van der Waals surface area contributed by atoms with Crippen LogP contribution >= 0.6 is 0 Å². The molecule has 0 spiro atoms. The molecule has 0 aromatic rings. The number of rotatable bonds is 4. The van der Waals surface area contributed by atoms with Crippen molar-refractivity contribution in [2.75, 3.05) is 7.11 Å². The van der Waals surface area contributed by atoms with Crippen LogP contribution in [0, 0.1) is 17.3 Å². The number of methoxy groups -OCH3 is 1. The van der Waals surface area contributed by atoms with Gasteiger partial charge in [-0.05, 0) is 31.1 Å². The number of ether oxygens (including phenoxy) is 1. The Bertz CT molecular complexity index is 334. The summed E-state index contributed by atoms with van der Waals surface area (Å²) in [5.74, 6) is 1.97. The monoisotopic (exact) mass is 293 g/mol. The first-order chi connectivity index (χ1) is 10.1. The van der Waals surface area contributed by atoms with E-state index in [9.17, 15) is 0 Å². The molecule has 2 heteroatoms. The first-order valence-electron chi connectivity index (χ1n) is 9.41. The fourth-order valence-electron chi connectivity index (χ4n) is 5.32. The standard InChI is InChI=1S/C19H35NO/c1-19(2)17(13-18(19)21-3)20-16-12-8-7-11-15(16)14-9-5-4-6-10-14/h14-18,20H,4-13H2,1-3H3. The Labute approximate surface area is 131 Å². The van der Waals surface area contributed by atoms with E-state index in [0.29, 0.717) is 17.6 Å². The molecule has 3 fully saturated rings. The van der Waals surface area contributed by atoms with E-state index in [4.69, 9.17) is 4.74 Å². The van der Waals surface area contributed by atoms with E-state index >= 15 is 0 Å². The van der Waals surface area contributed by atoms with Crippen LogP contribution in [0.5, 0.6) is 0 Å². The highest BCUT2D eigenvalue weighted by Crippen LogP contribution is 2.45. The Morgan fingerprint density at radius 2 is 1.57 bits per heavy atom. The zero-order valence-electron chi connectivity index (χ0n) is 14.4. The van der Waals surface area contributed by atoms with Gasteiger partial charge in [0.2, 0.25) is 0 Å². The zero-order chi connectivity index (χ0) is 14.9.